The minimum absolute atomic E-state index is 0.0458. The molecule has 0 aliphatic heterocycles. The number of nitrogen functional groups attached to an aromatic ring is 1. The fourth-order valence-corrected chi connectivity index (χ4v) is 4.61. The first-order valence-corrected chi connectivity index (χ1v) is 12.5. The number of H-pyrrole nitrogens is 1. The Morgan fingerprint density at radius 2 is 2.00 bits per heavy atom. The number of unbranched alkanes of at least 4 members (excludes halogenated alkanes) is 1. The standard InChI is InChI=1S/C25H33N5O4S/c1-4-5-12-30-23(26)22(24(32)28-25(30)33)29(13-14-34-3)16-20(31)27-21(19-7-6-15-35-19)18-10-8-17(2)9-11-18/h6-11,15,21H,4-5,12-14,16,26H2,1-3H3,(H,27,31)(H,28,32,33). The maximum absolute atomic E-state index is 13.3. The first-order chi connectivity index (χ1) is 16.8. The van der Waals surface area contributed by atoms with Gasteiger partial charge in [0, 0.05) is 25.1 Å². The molecule has 2 heterocycles. The normalized spacial score (nSPS) is 11.9. The topological polar surface area (TPSA) is 122 Å². The number of thiophene rings is 1. The van der Waals surface area contributed by atoms with Crippen molar-refractivity contribution in [1.29, 1.82) is 0 Å². The number of rotatable bonds is 12. The number of methoxy groups -OCH3 is 1. The maximum atomic E-state index is 13.3. The van der Waals surface area contributed by atoms with Gasteiger partial charge in [-0.15, -0.1) is 11.3 Å². The van der Waals surface area contributed by atoms with E-state index in [2.05, 4.69) is 10.3 Å². The largest absolute Gasteiger partial charge is 0.383 e. The molecule has 35 heavy (non-hydrogen) atoms. The lowest BCUT2D eigenvalue weighted by molar-refractivity contribution is -0.120. The van der Waals surface area contributed by atoms with Crippen molar-refractivity contribution < 1.29 is 9.53 Å². The number of hydrogen-bond acceptors (Lipinski definition) is 7. The van der Waals surface area contributed by atoms with E-state index in [0.717, 1.165) is 28.8 Å². The molecule has 0 saturated heterocycles. The van der Waals surface area contributed by atoms with Crippen molar-refractivity contribution in [1.82, 2.24) is 14.9 Å². The van der Waals surface area contributed by atoms with E-state index in [1.54, 1.807) is 16.2 Å². The van der Waals surface area contributed by atoms with Crippen molar-refractivity contribution >= 4 is 28.7 Å². The zero-order valence-corrected chi connectivity index (χ0v) is 21.2. The minimum Gasteiger partial charge on any atom is -0.383 e. The molecule has 2 aromatic heterocycles. The third kappa shape index (κ3) is 6.61. The maximum Gasteiger partial charge on any atom is 0.330 e. The molecule has 0 radical (unpaired) electrons. The third-order valence-electron chi connectivity index (χ3n) is 5.71. The van der Waals surface area contributed by atoms with E-state index < -0.39 is 11.2 Å². The van der Waals surface area contributed by atoms with Gasteiger partial charge in [-0.05, 0) is 30.4 Å². The third-order valence-corrected chi connectivity index (χ3v) is 6.65. The number of aromatic amines is 1. The van der Waals surface area contributed by atoms with Crippen molar-refractivity contribution in [3.05, 3.63) is 78.6 Å². The molecule has 4 N–H and O–H groups in total. The van der Waals surface area contributed by atoms with Gasteiger partial charge in [0.2, 0.25) is 5.91 Å². The summed E-state index contributed by atoms with van der Waals surface area (Å²) in [5.41, 5.74) is 7.28. The summed E-state index contributed by atoms with van der Waals surface area (Å²) in [6.07, 6.45) is 1.59. The van der Waals surface area contributed by atoms with Crippen molar-refractivity contribution in [2.24, 2.45) is 0 Å². The van der Waals surface area contributed by atoms with Gasteiger partial charge in [-0.1, -0.05) is 49.2 Å². The number of ether oxygens (including phenoxy) is 1. The van der Waals surface area contributed by atoms with E-state index in [4.69, 9.17) is 10.5 Å². The van der Waals surface area contributed by atoms with Crippen LogP contribution >= 0.6 is 11.3 Å². The Bertz CT molecular complexity index is 1220. The molecule has 0 aliphatic carbocycles. The first-order valence-electron chi connectivity index (χ1n) is 11.6. The van der Waals surface area contributed by atoms with E-state index in [1.807, 2.05) is 55.6 Å². The van der Waals surface area contributed by atoms with Gasteiger partial charge in [-0.2, -0.15) is 0 Å². The number of carbonyl (C=O) groups is 1. The average molecular weight is 500 g/mol. The van der Waals surface area contributed by atoms with Crippen LogP contribution in [0, 0.1) is 6.92 Å². The highest BCUT2D eigenvalue weighted by atomic mass is 32.1. The fourth-order valence-electron chi connectivity index (χ4n) is 3.81. The van der Waals surface area contributed by atoms with Crippen LogP contribution in [0.25, 0.3) is 0 Å². The van der Waals surface area contributed by atoms with Gasteiger partial charge in [0.15, 0.2) is 0 Å². The van der Waals surface area contributed by atoms with E-state index in [0.29, 0.717) is 6.54 Å². The second-order valence-electron chi connectivity index (χ2n) is 8.34. The average Bonchev–Trinajstić information content (AvgIpc) is 3.36. The molecule has 188 valence electrons. The number of nitrogens with two attached hydrogens (primary N) is 1. The Morgan fingerprint density at radius 3 is 2.63 bits per heavy atom. The molecule has 3 rings (SSSR count). The van der Waals surface area contributed by atoms with Crippen LogP contribution in [0.2, 0.25) is 0 Å². The van der Waals surface area contributed by atoms with Crippen molar-refractivity contribution in [3.63, 3.8) is 0 Å². The number of nitrogens with one attached hydrogen (secondary N) is 2. The predicted octanol–water partition coefficient (Wildman–Crippen LogP) is 2.65. The van der Waals surface area contributed by atoms with Crippen molar-refractivity contribution in [2.45, 2.75) is 39.3 Å². The lowest BCUT2D eigenvalue weighted by atomic mass is 10.0. The number of hydrogen-bond donors (Lipinski definition) is 3. The summed E-state index contributed by atoms with van der Waals surface area (Å²) in [7, 11) is 1.54. The van der Waals surface area contributed by atoms with E-state index in [9.17, 15) is 14.4 Å². The van der Waals surface area contributed by atoms with Crippen LogP contribution in [0.15, 0.2) is 51.4 Å². The molecule has 0 spiro atoms. The smallest absolute Gasteiger partial charge is 0.330 e. The van der Waals surface area contributed by atoms with Crippen LogP contribution in [0.4, 0.5) is 11.5 Å². The van der Waals surface area contributed by atoms with Crippen LogP contribution in [-0.2, 0) is 16.1 Å². The van der Waals surface area contributed by atoms with Crippen molar-refractivity contribution in [2.75, 3.05) is 37.4 Å². The second-order valence-corrected chi connectivity index (χ2v) is 9.32. The molecule has 1 aromatic carbocycles. The Labute approximate surface area is 208 Å². The number of aromatic nitrogens is 2. The molecule has 9 nitrogen and oxygen atoms in total. The molecule has 1 unspecified atom stereocenters. The van der Waals surface area contributed by atoms with Gasteiger partial charge in [0.1, 0.15) is 11.5 Å². The monoisotopic (exact) mass is 499 g/mol. The Kier molecular flexibility index (Phi) is 9.27. The number of benzene rings is 1. The van der Waals surface area contributed by atoms with Crippen LogP contribution in [-0.4, -0.2) is 42.3 Å². The predicted molar refractivity (Wildman–Crippen MR) is 140 cm³/mol. The lowest BCUT2D eigenvalue weighted by Crippen LogP contribution is -2.45. The van der Waals surface area contributed by atoms with Crippen LogP contribution in [0.1, 0.15) is 41.8 Å². The summed E-state index contributed by atoms with van der Waals surface area (Å²) in [6.45, 7) is 4.78. The van der Waals surface area contributed by atoms with Crippen molar-refractivity contribution in [3.8, 4) is 0 Å². The highest BCUT2D eigenvalue weighted by Crippen LogP contribution is 2.26. The molecular weight excluding hydrogens is 466 g/mol. The Balaban J connectivity index is 1.90. The molecule has 1 amide bonds. The number of nitrogens with zero attached hydrogens (tertiary/aromatic N) is 2. The molecule has 0 aliphatic rings. The first kappa shape index (κ1) is 26.2. The van der Waals surface area contributed by atoms with Gasteiger partial charge in [0.25, 0.3) is 5.56 Å². The van der Waals surface area contributed by atoms with Gasteiger partial charge in [-0.3, -0.25) is 19.1 Å². The zero-order valence-electron chi connectivity index (χ0n) is 20.4. The van der Waals surface area contributed by atoms with E-state index in [-0.39, 0.29) is 43.2 Å². The van der Waals surface area contributed by atoms with Gasteiger partial charge < -0.3 is 20.7 Å². The van der Waals surface area contributed by atoms with E-state index >= 15 is 0 Å². The van der Waals surface area contributed by atoms with Gasteiger partial charge in [-0.25, -0.2) is 4.79 Å². The number of amides is 1. The zero-order chi connectivity index (χ0) is 25.4. The quantitative estimate of drug-likeness (QED) is 0.352. The Hall–Kier alpha value is -3.37. The van der Waals surface area contributed by atoms with Gasteiger partial charge >= 0.3 is 5.69 Å². The highest BCUT2D eigenvalue weighted by molar-refractivity contribution is 7.10. The number of anilines is 2. The summed E-state index contributed by atoms with van der Waals surface area (Å²) in [4.78, 5) is 43.3. The summed E-state index contributed by atoms with van der Waals surface area (Å²) < 4.78 is 6.55. The Morgan fingerprint density at radius 1 is 1.26 bits per heavy atom. The SMILES string of the molecule is CCCCn1c(N)c(N(CCOC)CC(=O)NC(c2ccc(C)cc2)c2cccs2)c(=O)[nH]c1=O. The van der Waals surface area contributed by atoms with E-state index in [1.165, 1.54) is 11.7 Å². The van der Waals surface area contributed by atoms with Gasteiger partial charge in [0.05, 0.1) is 19.2 Å². The molecule has 1 atom stereocenters. The second kappa shape index (κ2) is 12.4. The molecule has 0 fully saturated rings. The summed E-state index contributed by atoms with van der Waals surface area (Å²) in [6, 6.07) is 11.6. The van der Waals surface area contributed by atoms with Crippen LogP contribution in [0.3, 0.4) is 0 Å². The van der Waals surface area contributed by atoms with Crippen LogP contribution < -0.4 is 27.2 Å². The molecule has 3 aromatic rings. The minimum atomic E-state index is -0.627. The molecule has 10 heteroatoms. The molecular formula is C25H33N5O4S. The number of aryl methyl sites for hydroxylation is 1. The summed E-state index contributed by atoms with van der Waals surface area (Å²) >= 11 is 1.56. The highest BCUT2D eigenvalue weighted by Gasteiger charge is 2.23. The molecule has 0 saturated carbocycles. The molecule has 0 bridgehead atoms. The summed E-state index contributed by atoms with van der Waals surface area (Å²) in [5, 5.41) is 5.06. The van der Waals surface area contributed by atoms with Crippen LogP contribution in [0.5, 0.6) is 0 Å². The lowest BCUT2D eigenvalue weighted by Gasteiger charge is -2.27. The number of carbonyl (C=O) groups excluding carboxylic acids is 1. The summed E-state index contributed by atoms with van der Waals surface area (Å²) in [5.74, 6) is -0.241. The fraction of sp³-hybridized carbons (Fsp3) is 0.400.